The average molecular weight is 374 g/mol. The third-order valence-corrected chi connectivity index (χ3v) is 7.14. The highest BCUT2D eigenvalue weighted by molar-refractivity contribution is 7.89. The number of hydrogen-bond donors (Lipinski definition) is 1. The van der Waals surface area contributed by atoms with E-state index in [1.54, 1.807) is 6.07 Å². The van der Waals surface area contributed by atoms with Gasteiger partial charge in [-0.05, 0) is 25.8 Å². The number of carbonyl (C=O) groups is 1. The highest BCUT2D eigenvalue weighted by Gasteiger charge is 2.30. The number of amides is 1. The summed E-state index contributed by atoms with van der Waals surface area (Å²) in [5.74, 6) is 0.428. The lowest BCUT2D eigenvalue weighted by atomic mass is 10.2. The number of piperazine rings is 1. The van der Waals surface area contributed by atoms with Crippen LogP contribution in [0.25, 0.3) is 0 Å². The van der Waals surface area contributed by atoms with E-state index in [1.165, 1.54) is 15.6 Å². The monoisotopic (exact) mass is 373 g/mol. The summed E-state index contributed by atoms with van der Waals surface area (Å²) in [6.45, 7) is 10.9. The summed E-state index contributed by atoms with van der Waals surface area (Å²) in [5.41, 5.74) is 0. The minimum absolute atomic E-state index is 0.00399. The van der Waals surface area contributed by atoms with Gasteiger partial charge in [-0.15, -0.1) is 11.3 Å². The Morgan fingerprint density at radius 2 is 1.88 bits per heavy atom. The molecular formula is C16H27N3O3S2. The molecule has 1 aromatic heterocycles. The van der Waals surface area contributed by atoms with Gasteiger partial charge in [-0.2, -0.15) is 4.31 Å². The smallest absolute Gasteiger partial charge is 0.244 e. The van der Waals surface area contributed by atoms with Crippen LogP contribution in [-0.4, -0.2) is 62.8 Å². The van der Waals surface area contributed by atoms with Crippen molar-refractivity contribution in [3.05, 3.63) is 15.8 Å². The van der Waals surface area contributed by atoms with Crippen LogP contribution in [0.5, 0.6) is 0 Å². The summed E-state index contributed by atoms with van der Waals surface area (Å²) in [7, 11) is -3.43. The molecule has 8 heteroatoms. The van der Waals surface area contributed by atoms with Crippen molar-refractivity contribution in [1.82, 2.24) is 14.5 Å². The van der Waals surface area contributed by atoms with Gasteiger partial charge in [-0.3, -0.25) is 9.69 Å². The molecule has 2 rings (SSSR count). The van der Waals surface area contributed by atoms with Crippen molar-refractivity contribution in [2.45, 2.75) is 32.6 Å². The number of rotatable bonds is 6. The quantitative estimate of drug-likeness (QED) is 0.819. The van der Waals surface area contributed by atoms with Crippen LogP contribution in [0.15, 0.2) is 11.0 Å². The molecule has 136 valence electrons. The number of nitrogens with one attached hydrogen (secondary N) is 1. The normalized spacial score (nSPS) is 17.4. The summed E-state index contributed by atoms with van der Waals surface area (Å²) in [5, 5.41) is 2.90. The summed E-state index contributed by atoms with van der Waals surface area (Å²) in [6, 6.07) is 1.75. The van der Waals surface area contributed by atoms with E-state index in [9.17, 15) is 13.2 Å². The first-order valence-electron chi connectivity index (χ1n) is 8.26. The number of aryl methyl sites for hydroxylation is 2. The van der Waals surface area contributed by atoms with Gasteiger partial charge in [0.1, 0.15) is 0 Å². The maximum atomic E-state index is 12.8. The first-order valence-corrected chi connectivity index (χ1v) is 10.5. The first-order chi connectivity index (χ1) is 11.2. The fourth-order valence-corrected chi connectivity index (χ4v) is 5.65. The van der Waals surface area contributed by atoms with E-state index in [2.05, 4.69) is 19.2 Å². The summed E-state index contributed by atoms with van der Waals surface area (Å²) in [4.78, 5) is 16.2. The van der Waals surface area contributed by atoms with E-state index in [4.69, 9.17) is 0 Å². The maximum absolute atomic E-state index is 12.8. The lowest BCUT2D eigenvalue weighted by molar-refractivity contribution is -0.122. The number of sulfonamides is 1. The number of hydrogen-bond acceptors (Lipinski definition) is 5. The lowest BCUT2D eigenvalue weighted by Crippen LogP contribution is -2.51. The third kappa shape index (κ3) is 4.78. The van der Waals surface area contributed by atoms with Crippen LogP contribution in [0.4, 0.5) is 0 Å². The van der Waals surface area contributed by atoms with Crippen molar-refractivity contribution in [3.8, 4) is 0 Å². The van der Waals surface area contributed by atoms with Crippen molar-refractivity contribution >= 4 is 27.3 Å². The van der Waals surface area contributed by atoms with Gasteiger partial charge in [0.2, 0.25) is 15.9 Å². The Labute approximate surface area is 148 Å². The third-order valence-electron chi connectivity index (χ3n) is 4.02. The molecule has 1 aromatic rings. The Morgan fingerprint density at radius 1 is 1.25 bits per heavy atom. The first kappa shape index (κ1) is 19.4. The van der Waals surface area contributed by atoms with Gasteiger partial charge in [0.05, 0.1) is 11.4 Å². The molecule has 1 amide bonds. The van der Waals surface area contributed by atoms with Gasteiger partial charge in [0.25, 0.3) is 0 Å². The zero-order chi connectivity index (χ0) is 17.9. The second-order valence-corrected chi connectivity index (χ2v) is 10.0. The van der Waals surface area contributed by atoms with E-state index in [-0.39, 0.29) is 5.91 Å². The van der Waals surface area contributed by atoms with Gasteiger partial charge in [-0.1, -0.05) is 13.8 Å². The minimum Gasteiger partial charge on any atom is -0.355 e. The molecule has 0 radical (unpaired) electrons. The Bertz CT molecular complexity index is 675. The van der Waals surface area contributed by atoms with Crippen LogP contribution >= 0.6 is 11.3 Å². The summed E-state index contributed by atoms with van der Waals surface area (Å²) < 4.78 is 27.1. The Kier molecular flexibility index (Phi) is 6.41. The average Bonchev–Trinajstić information content (AvgIpc) is 2.85. The Morgan fingerprint density at radius 3 is 2.38 bits per heavy atom. The lowest BCUT2D eigenvalue weighted by Gasteiger charge is -2.33. The second kappa shape index (κ2) is 7.95. The van der Waals surface area contributed by atoms with E-state index in [0.29, 0.717) is 50.1 Å². The predicted molar refractivity (Wildman–Crippen MR) is 96.8 cm³/mol. The standard InChI is InChI=1S/C16H27N3O3S2/c1-12(2)10-17-16(20)11-18-5-7-19(8-6-18)24(21,22)15-9-13(3)23-14(15)4/h9,12H,5-8,10-11H2,1-4H3,(H,17,20). The molecule has 0 bridgehead atoms. The molecule has 1 fully saturated rings. The molecule has 0 saturated carbocycles. The van der Waals surface area contributed by atoms with E-state index >= 15 is 0 Å². The fraction of sp³-hybridized carbons (Fsp3) is 0.688. The molecule has 0 unspecified atom stereocenters. The molecule has 1 N–H and O–H groups in total. The van der Waals surface area contributed by atoms with Crippen LogP contribution in [0.2, 0.25) is 0 Å². The van der Waals surface area contributed by atoms with E-state index < -0.39 is 10.0 Å². The van der Waals surface area contributed by atoms with Crippen LogP contribution in [0, 0.1) is 19.8 Å². The van der Waals surface area contributed by atoms with E-state index in [1.807, 2.05) is 18.7 Å². The molecule has 2 heterocycles. The van der Waals surface area contributed by atoms with Crippen molar-refractivity contribution in [2.75, 3.05) is 39.3 Å². The van der Waals surface area contributed by atoms with Gasteiger partial charge in [0.15, 0.2) is 0 Å². The molecule has 0 aliphatic carbocycles. The molecule has 1 aliphatic rings. The van der Waals surface area contributed by atoms with Crippen LogP contribution < -0.4 is 5.32 Å². The molecule has 1 saturated heterocycles. The molecule has 0 aromatic carbocycles. The molecule has 24 heavy (non-hydrogen) atoms. The highest BCUT2D eigenvalue weighted by Crippen LogP contribution is 2.28. The zero-order valence-electron chi connectivity index (χ0n) is 14.8. The van der Waals surface area contributed by atoms with E-state index in [0.717, 1.165) is 9.75 Å². The highest BCUT2D eigenvalue weighted by atomic mass is 32.2. The largest absolute Gasteiger partial charge is 0.355 e. The minimum atomic E-state index is -3.43. The van der Waals surface area contributed by atoms with Crippen LogP contribution in [0.3, 0.4) is 0 Å². The van der Waals surface area contributed by atoms with Gasteiger partial charge in [0, 0.05) is 42.5 Å². The van der Waals surface area contributed by atoms with Crippen LogP contribution in [-0.2, 0) is 14.8 Å². The van der Waals surface area contributed by atoms with Crippen molar-refractivity contribution < 1.29 is 13.2 Å². The molecule has 0 atom stereocenters. The fourth-order valence-electron chi connectivity index (χ4n) is 2.71. The van der Waals surface area contributed by atoms with Crippen molar-refractivity contribution in [1.29, 1.82) is 0 Å². The van der Waals surface area contributed by atoms with Gasteiger partial charge < -0.3 is 5.32 Å². The molecule has 1 aliphatic heterocycles. The number of nitrogens with zero attached hydrogens (tertiary/aromatic N) is 2. The predicted octanol–water partition coefficient (Wildman–Crippen LogP) is 1.44. The maximum Gasteiger partial charge on any atom is 0.244 e. The second-order valence-electron chi connectivity index (χ2n) is 6.66. The molecule has 6 nitrogen and oxygen atoms in total. The Balaban J connectivity index is 1.90. The number of thiophene rings is 1. The molecule has 0 spiro atoms. The Hall–Kier alpha value is -0.960. The zero-order valence-corrected chi connectivity index (χ0v) is 16.5. The van der Waals surface area contributed by atoms with Gasteiger partial charge >= 0.3 is 0 Å². The summed E-state index contributed by atoms with van der Waals surface area (Å²) in [6.07, 6.45) is 0. The number of carbonyl (C=O) groups excluding carboxylic acids is 1. The van der Waals surface area contributed by atoms with Crippen molar-refractivity contribution in [2.24, 2.45) is 5.92 Å². The van der Waals surface area contributed by atoms with Crippen molar-refractivity contribution in [3.63, 3.8) is 0 Å². The van der Waals surface area contributed by atoms with Crippen LogP contribution in [0.1, 0.15) is 23.6 Å². The van der Waals surface area contributed by atoms with Gasteiger partial charge in [-0.25, -0.2) is 8.42 Å². The topological polar surface area (TPSA) is 69.7 Å². The summed E-state index contributed by atoms with van der Waals surface area (Å²) >= 11 is 1.51. The molecular weight excluding hydrogens is 346 g/mol. The SMILES string of the molecule is Cc1cc(S(=O)(=O)N2CCN(CC(=O)NCC(C)C)CC2)c(C)s1.